The van der Waals surface area contributed by atoms with Gasteiger partial charge in [0.25, 0.3) is 0 Å². The minimum absolute atomic E-state index is 0.117. The molecule has 0 aliphatic carbocycles. The number of rotatable bonds is 6. The topological polar surface area (TPSA) is 70.8 Å². The maximum Gasteiger partial charge on any atom is 0.400 e. The molecule has 1 aromatic heterocycles. The fourth-order valence-corrected chi connectivity index (χ4v) is 2.28. The summed E-state index contributed by atoms with van der Waals surface area (Å²) < 4.78 is 21.5. The molecule has 0 spiro atoms. The second-order valence-corrected chi connectivity index (χ2v) is 5.61. The molecule has 0 radical (unpaired) electrons. The van der Waals surface area contributed by atoms with Crippen molar-refractivity contribution in [2.75, 3.05) is 6.61 Å². The van der Waals surface area contributed by atoms with Crippen LogP contribution in [0.4, 0.5) is 0 Å². The molecule has 3 rings (SSSR count). The molecule has 0 saturated heterocycles. The van der Waals surface area contributed by atoms with Crippen molar-refractivity contribution in [3.8, 4) is 17.6 Å². The molecule has 7 heteroatoms. The molecular formula is C18H16ClNO5. The van der Waals surface area contributed by atoms with Gasteiger partial charge in [0.1, 0.15) is 17.0 Å². The van der Waals surface area contributed by atoms with Gasteiger partial charge in [0, 0.05) is 11.1 Å². The van der Waals surface area contributed by atoms with Gasteiger partial charge in [0.2, 0.25) is 0 Å². The lowest BCUT2D eigenvalue weighted by atomic mass is 10.3. The predicted octanol–water partition coefficient (Wildman–Crippen LogP) is 4.60. The van der Waals surface area contributed by atoms with Crippen LogP contribution < -0.4 is 9.47 Å². The third kappa shape index (κ3) is 4.22. The molecule has 1 atom stereocenters. The monoisotopic (exact) mass is 361 g/mol. The standard InChI is InChI=1S/C18H16ClNO5/c1-3-22-17(21)11(2)23-13-5-7-14(8-6-13)24-18-20-15-9-4-12(19)10-16(15)25-18/h4-11H,3H2,1-2H3/t11-/m1/s1. The van der Waals surface area contributed by atoms with Crippen molar-refractivity contribution in [2.24, 2.45) is 0 Å². The van der Waals surface area contributed by atoms with Crippen LogP contribution in [0.25, 0.3) is 11.1 Å². The summed E-state index contributed by atoms with van der Waals surface area (Å²) in [4.78, 5) is 15.8. The van der Waals surface area contributed by atoms with Gasteiger partial charge >= 0.3 is 12.0 Å². The largest absolute Gasteiger partial charge is 0.479 e. The molecule has 0 fully saturated rings. The summed E-state index contributed by atoms with van der Waals surface area (Å²) in [5.41, 5.74) is 1.20. The third-order valence-corrected chi connectivity index (χ3v) is 3.53. The summed E-state index contributed by atoms with van der Waals surface area (Å²) >= 11 is 5.91. The van der Waals surface area contributed by atoms with Gasteiger partial charge in [-0.15, -0.1) is 0 Å². The van der Waals surface area contributed by atoms with E-state index in [0.717, 1.165) is 0 Å². The first-order valence-corrected chi connectivity index (χ1v) is 8.10. The molecule has 0 aliphatic rings. The van der Waals surface area contributed by atoms with E-state index in [0.29, 0.717) is 34.2 Å². The number of benzene rings is 2. The molecule has 0 amide bonds. The number of esters is 1. The molecule has 1 heterocycles. The van der Waals surface area contributed by atoms with Crippen LogP contribution in [0.15, 0.2) is 46.9 Å². The summed E-state index contributed by atoms with van der Waals surface area (Å²) in [5.74, 6) is 0.638. The van der Waals surface area contributed by atoms with Gasteiger partial charge in [-0.25, -0.2) is 4.79 Å². The highest BCUT2D eigenvalue weighted by atomic mass is 35.5. The Labute approximate surface area is 149 Å². The lowest BCUT2D eigenvalue weighted by Gasteiger charge is -2.13. The first-order chi connectivity index (χ1) is 12.0. The average Bonchev–Trinajstić information content (AvgIpc) is 2.98. The van der Waals surface area contributed by atoms with Gasteiger partial charge in [-0.1, -0.05) is 11.6 Å². The van der Waals surface area contributed by atoms with Crippen molar-refractivity contribution in [3.63, 3.8) is 0 Å². The summed E-state index contributed by atoms with van der Waals surface area (Å²) in [6, 6.07) is 11.9. The van der Waals surface area contributed by atoms with Gasteiger partial charge in [-0.05, 0) is 50.2 Å². The number of carbonyl (C=O) groups excluding carboxylic acids is 1. The number of carbonyl (C=O) groups is 1. The Morgan fingerprint density at radius 2 is 1.92 bits per heavy atom. The number of hydrogen-bond donors (Lipinski definition) is 0. The predicted molar refractivity (Wildman–Crippen MR) is 92.3 cm³/mol. The molecule has 0 N–H and O–H groups in total. The second kappa shape index (κ2) is 7.44. The summed E-state index contributed by atoms with van der Waals surface area (Å²) in [6.07, 6.45) is -0.570. The fourth-order valence-electron chi connectivity index (χ4n) is 2.12. The zero-order valence-electron chi connectivity index (χ0n) is 13.7. The summed E-state index contributed by atoms with van der Waals surface area (Å²) in [7, 11) is 0. The van der Waals surface area contributed by atoms with E-state index in [-0.39, 0.29) is 6.08 Å². The number of aromatic nitrogens is 1. The van der Waals surface area contributed by atoms with E-state index >= 15 is 0 Å². The lowest BCUT2D eigenvalue weighted by molar-refractivity contribution is -0.150. The Bertz CT molecular complexity index is 875. The first kappa shape index (κ1) is 17.1. The van der Waals surface area contributed by atoms with Crippen LogP contribution in [-0.4, -0.2) is 23.7 Å². The van der Waals surface area contributed by atoms with Crippen LogP contribution in [0, 0.1) is 0 Å². The van der Waals surface area contributed by atoms with Crippen molar-refractivity contribution >= 4 is 28.7 Å². The minimum atomic E-state index is -0.687. The fraction of sp³-hybridized carbons (Fsp3) is 0.222. The van der Waals surface area contributed by atoms with E-state index in [9.17, 15) is 4.79 Å². The van der Waals surface area contributed by atoms with Crippen LogP contribution in [0.1, 0.15) is 13.8 Å². The normalized spacial score (nSPS) is 12.0. The van der Waals surface area contributed by atoms with Crippen molar-refractivity contribution in [2.45, 2.75) is 20.0 Å². The average molecular weight is 362 g/mol. The number of hydrogen-bond acceptors (Lipinski definition) is 6. The van der Waals surface area contributed by atoms with Crippen molar-refractivity contribution in [1.82, 2.24) is 4.98 Å². The first-order valence-electron chi connectivity index (χ1n) is 7.72. The van der Waals surface area contributed by atoms with Crippen LogP contribution in [0.5, 0.6) is 17.6 Å². The zero-order chi connectivity index (χ0) is 17.8. The van der Waals surface area contributed by atoms with Gasteiger partial charge in [-0.3, -0.25) is 0 Å². The second-order valence-electron chi connectivity index (χ2n) is 5.18. The van der Waals surface area contributed by atoms with Gasteiger partial charge in [0.05, 0.1) is 6.61 Å². The Morgan fingerprint density at radius 3 is 2.64 bits per heavy atom. The smallest absolute Gasteiger partial charge is 0.400 e. The number of nitrogens with zero attached hydrogens (tertiary/aromatic N) is 1. The van der Waals surface area contributed by atoms with Crippen LogP contribution in [0.2, 0.25) is 5.02 Å². The number of oxazole rings is 1. The van der Waals surface area contributed by atoms with E-state index in [2.05, 4.69) is 4.98 Å². The van der Waals surface area contributed by atoms with Crippen molar-refractivity contribution < 1.29 is 23.4 Å². The molecular weight excluding hydrogens is 346 g/mol. The molecule has 6 nitrogen and oxygen atoms in total. The molecule has 0 bridgehead atoms. The molecule has 130 valence electrons. The van der Waals surface area contributed by atoms with Gasteiger partial charge in [0.15, 0.2) is 11.7 Å². The molecule has 2 aromatic carbocycles. The third-order valence-electron chi connectivity index (χ3n) is 3.29. The number of ether oxygens (including phenoxy) is 3. The van der Waals surface area contributed by atoms with E-state index in [4.69, 9.17) is 30.2 Å². The Kier molecular flexibility index (Phi) is 5.09. The van der Waals surface area contributed by atoms with Crippen LogP contribution >= 0.6 is 11.6 Å². The molecule has 0 saturated carbocycles. The minimum Gasteiger partial charge on any atom is -0.479 e. The van der Waals surface area contributed by atoms with Crippen LogP contribution in [-0.2, 0) is 9.53 Å². The highest BCUT2D eigenvalue weighted by Gasteiger charge is 2.15. The molecule has 0 aliphatic heterocycles. The number of halogens is 1. The maximum atomic E-state index is 11.6. The molecule has 3 aromatic rings. The van der Waals surface area contributed by atoms with Crippen molar-refractivity contribution in [1.29, 1.82) is 0 Å². The SMILES string of the molecule is CCOC(=O)[C@@H](C)Oc1ccc(Oc2nc3ccc(Cl)cc3o2)cc1. The highest BCUT2D eigenvalue weighted by molar-refractivity contribution is 6.31. The van der Waals surface area contributed by atoms with E-state index in [1.165, 1.54) is 0 Å². The van der Waals surface area contributed by atoms with Crippen molar-refractivity contribution in [3.05, 3.63) is 47.5 Å². The summed E-state index contributed by atoms with van der Waals surface area (Å²) in [5, 5.41) is 0.562. The highest BCUT2D eigenvalue weighted by Crippen LogP contribution is 2.28. The van der Waals surface area contributed by atoms with Crippen LogP contribution in [0.3, 0.4) is 0 Å². The van der Waals surface area contributed by atoms with E-state index < -0.39 is 12.1 Å². The lowest BCUT2D eigenvalue weighted by Crippen LogP contribution is -2.25. The quantitative estimate of drug-likeness (QED) is 0.597. The van der Waals surface area contributed by atoms with E-state index in [1.54, 1.807) is 56.3 Å². The summed E-state index contributed by atoms with van der Waals surface area (Å²) in [6.45, 7) is 3.69. The maximum absolute atomic E-state index is 11.6. The zero-order valence-corrected chi connectivity index (χ0v) is 14.4. The Hall–Kier alpha value is -2.73. The van der Waals surface area contributed by atoms with Gasteiger partial charge in [-0.2, -0.15) is 4.98 Å². The molecule has 0 unspecified atom stereocenters. The Balaban J connectivity index is 1.66. The van der Waals surface area contributed by atoms with Gasteiger partial charge < -0.3 is 18.6 Å². The Morgan fingerprint density at radius 1 is 1.20 bits per heavy atom. The molecule has 25 heavy (non-hydrogen) atoms. The number of fused-ring (bicyclic) bond motifs is 1. The van der Waals surface area contributed by atoms with E-state index in [1.807, 2.05) is 0 Å².